The Hall–Kier alpha value is -2.05. The van der Waals surface area contributed by atoms with Gasteiger partial charge in [-0.15, -0.1) is 0 Å². The molecule has 0 N–H and O–H groups in total. The predicted molar refractivity (Wildman–Crippen MR) is 92.2 cm³/mol. The second kappa shape index (κ2) is 5.98. The van der Waals surface area contributed by atoms with Crippen molar-refractivity contribution in [3.8, 4) is 0 Å². The lowest BCUT2D eigenvalue weighted by atomic mass is 10.4. The second-order valence-corrected chi connectivity index (χ2v) is 9.00. The minimum Gasteiger partial charge on any atom is -0.200 e. The molecule has 3 heteroatoms. The minimum absolute atomic E-state index is 0.209. The number of rotatable bonds is 3. The molecule has 0 aliphatic carbocycles. The lowest BCUT2D eigenvalue weighted by Crippen LogP contribution is -2.51. The highest BCUT2D eigenvalue weighted by atomic mass is 31.2. The van der Waals surface area contributed by atoms with Gasteiger partial charge in [0.05, 0.1) is 12.7 Å². The molecule has 0 saturated heterocycles. The quantitative estimate of drug-likeness (QED) is 0.517. The Balaban J connectivity index is 2.28. The van der Waals surface area contributed by atoms with Gasteiger partial charge in [0.15, 0.2) is 13.1 Å². The highest BCUT2D eigenvalue weighted by molar-refractivity contribution is 7.94. The molecule has 0 aliphatic rings. The fraction of sp³-hybridized carbons (Fsp3) is 0.105. The molecule has 1 nitrogen and oxygen atoms in total. The lowest BCUT2D eigenvalue weighted by molar-refractivity contribution is -0.655. The summed E-state index contributed by atoms with van der Waals surface area (Å²) < 4.78 is 15.5. The van der Waals surface area contributed by atoms with E-state index in [4.69, 9.17) is 0 Å². The van der Waals surface area contributed by atoms with Gasteiger partial charge in [0.25, 0.3) is 0 Å². The van der Waals surface area contributed by atoms with Gasteiger partial charge < -0.3 is 0 Å². The summed E-state index contributed by atoms with van der Waals surface area (Å²) in [6.45, 7) is 2.30. The molecule has 0 spiro atoms. The summed E-state index contributed by atoms with van der Waals surface area (Å²) in [5.74, 6) is -0.209. The van der Waals surface area contributed by atoms with Crippen molar-refractivity contribution in [2.75, 3.05) is 6.66 Å². The van der Waals surface area contributed by atoms with Gasteiger partial charge in [-0.05, 0) is 30.3 Å². The first-order valence-electron chi connectivity index (χ1n) is 7.26. The number of aromatic nitrogens is 1. The smallest absolute Gasteiger partial charge is 0.200 e. The van der Waals surface area contributed by atoms with E-state index in [1.165, 1.54) is 10.6 Å². The van der Waals surface area contributed by atoms with E-state index in [0.717, 1.165) is 5.44 Å². The van der Waals surface area contributed by atoms with E-state index in [9.17, 15) is 4.39 Å². The molecule has 2 aromatic carbocycles. The molecular formula is C19H19FNP+2. The average Bonchev–Trinajstić information content (AvgIpc) is 2.56. The van der Waals surface area contributed by atoms with Crippen LogP contribution in [0.2, 0.25) is 0 Å². The number of benzene rings is 2. The van der Waals surface area contributed by atoms with E-state index in [1.807, 2.05) is 29.8 Å². The van der Waals surface area contributed by atoms with Crippen LogP contribution < -0.4 is 20.6 Å². The fourth-order valence-electron chi connectivity index (χ4n) is 2.90. The van der Waals surface area contributed by atoms with E-state index in [1.54, 1.807) is 12.3 Å². The molecular weight excluding hydrogens is 292 g/mol. The van der Waals surface area contributed by atoms with Gasteiger partial charge in [-0.25, -0.2) is 4.39 Å². The zero-order chi connectivity index (χ0) is 15.6. The SMILES string of the molecule is C[n+]1cc(F)ccc1[P+](C)(c1ccccc1)c1ccccc1. The Morgan fingerprint density at radius 3 is 1.73 bits per heavy atom. The summed E-state index contributed by atoms with van der Waals surface area (Å²) in [5.41, 5.74) is 1.16. The molecule has 1 aromatic heterocycles. The summed E-state index contributed by atoms with van der Waals surface area (Å²) in [7, 11) is 0.132. The van der Waals surface area contributed by atoms with Gasteiger partial charge in [0, 0.05) is 0 Å². The topological polar surface area (TPSA) is 3.88 Å². The molecule has 0 radical (unpaired) electrons. The highest BCUT2D eigenvalue weighted by Crippen LogP contribution is 2.50. The zero-order valence-corrected chi connectivity index (χ0v) is 13.7. The summed E-state index contributed by atoms with van der Waals surface area (Å²) in [6.07, 6.45) is 1.56. The fourth-order valence-corrected chi connectivity index (χ4v) is 6.32. The summed E-state index contributed by atoms with van der Waals surface area (Å²) in [6, 6.07) is 24.5. The Bertz CT molecular complexity index is 732. The maximum Gasteiger partial charge on any atom is 0.326 e. The standard InChI is InChI=1S/C19H19FNP/c1-21-15-16(20)13-14-19(21)22(2,17-9-5-3-6-10-17)18-11-7-4-8-12-18/h3-15H,1-2H3/q+2. The zero-order valence-electron chi connectivity index (χ0n) is 12.8. The number of halogens is 1. The van der Waals surface area contributed by atoms with E-state index in [-0.39, 0.29) is 5.82 Å². The molecule has 3 aromatic rings. The van der Waals surface area contributed by atoms with Crippen LogP contribution in [0.15, 0.2) is 79.0 Å². The Kier molecular flexibility index (Phi) is 4.04. The molecule has 0 bridgehead atoms. The molecule has 0 saturated carbocycles. The largest absolute Gasteiger partial charge is 0.326 e. The van der Waals surface area contributed by atoms with Crippen LogP contribution in [0.25, 0.3) is 0 Å². The Morgan fingerprint density at radius 1 is 0.773 bits per heavy atom. The first-order chi connectivity index (χ1) is 10.6. The first kappa shape index (κ1) is 14.9. The molecule has 0 fully saturated rings. The maximum atomic E-state index is 13.5. The minimum atomic E-state index is -1.79. The molecule has 0 atom stereocenters. The predicted octanol–water partition coefficient (Wildman–Crippen LogP) is 2.57. The van der Waals surface area contributed by atoms with Gasteiger partial charge in [-0.3, -0.25) is 0 Å². The van der Waals surface area contributed by atoms with Crippen molar-refractivity contribution in [3.05, 3.63) is 84.8 Å². The molecule has 0 aliphatic heterocycles. The van der Waals surface area contributed by atoms with Gasteiger partial charge in [-0.2, -0.15) is 4.57 Å². The van der Waals surface area contributed by atoms with Gasteiger partial charge >= 0.3 is 5.44 Å². The molecule has 3 rings (SSSR count). The Labute approximate surface area is 131 Å². The van der Waals surface area contributed by atoms with Crippen LogP contribution in [0.1, 0.15) is 0 Å². The Morgan fingerprint density at radius 2 is 1.27 bits per heavy atom. The van der Waals surface area contributed by atoms with Crippen LogP contribution in [0.4, 0.5) is 4.39 Å². The van der Waals surface area contributed by atoms with E-state index in [2.05, 4.69) is 55.2 Å². The normalized spacial score (nSPS) is 11.4. The van der Waals surface area contributed by atoms with Gasteiger partial charge in [-0.1, -0.05) is 36.4 Å². The number of hydrogen-bond donors (Lipinski definition) is 0. The second-order valence-electron chi connectivity index (χ2n) is 5.49. The van der Waals surface area contributed by atoms with E-state index < -0.39 is 7.26 Å². The molecule has 1 heterocycles. The van der Waals surface area contributed by atoms with Crippen LogP contribution >= 0.6 is 7.26 Å². The van der Waals surface area contributed by atoms with Crippen molar-refractivity contribution in [1.29, 1.82) is 0 Å². The van der Waals surface area contributed by atoms with Crippen LogP contribution in [0, 0.1) is 5.82 Å². The van der Waals surface area contributed by atoms with Crippen molar-refractivity contribution >= 4 is 23.3 Å². The van der Waals surface area contributed by atoms with Crippen LogP contribution in [-0.2, 0) is 7.05 Å². The number of pyridine rings is 1. The third kappa shape index (κ3) is 2.55. The van der Waals surface area contributed by atoms with Crippen LogP contribution in [0.5, 0.6) is 0 Å². The van der Waals surface area contributed by atoms with E-state index >= 15 is 0 Å². The summed E-state index contributed by atoms with van der Waals surface area (Å²) in [4.78, 5) is 0. The average molecular weight is 311 g/mol. The number of nitrogens with zero attached hydrogens (tertiary/aromatic N) is 1. The molecule has 22 heavy (non-hydrogen) atoms. The third-order valence-electron chi connectivity index (χ3n) is 4.07. The monoisotopic (exact) mass is 311 g/mol. The molecule has 110 valence electrons. The maximum absolute atomic E-state index is 13.5. The van der Waals surface area contributed by atoms with Crippen molar-refractivity contribution in [2.24, 2.45) is 7.05 Å². The highest BCUT2D eigenvalue weighted by Gasteiger charge is 2.47. The summed E-state index contributed by atoms with van der Waals surface area (Å²) >= 11 is 0. The van der Waals surface area contributed by atoms with E-state index in [0.29, 0.717) is 0 Å². The summed E-state index contributed by atoms with van der Waals surface area (Å²) in [5, 5.41) is 2.59. The molecule has 0 unspecified atom stereocenters. The number of hydrogen-bond acceptors (Lipinski definition) is 0. The van der Waals surface area contributed by atoms with Crippen LogP contribution in [-0.4, -0.2) is 6.66 Å². The van der Waals surface area contributed by atoms with Crippen molar-refractivity contribution in [1.82, 2.24) is 0 Å². The van der Waals surface area contributed by atoms with Gasteiger partial charge in [0.1, 0.15) is 17.7 Å². The molecule has 0 amide bonds. The van der Waals surface area contributed by atoms with Crippen molar-refractivity contribution < 1.29 is 8.96 Å². The number of aryl methyl sites for hydroxylation is 1. The van der Waals surface area contributed by atoms with Crippen molar-refractivity contribution in [2.45, 2.75) is 0 Å². The third-order valence-corrected chi connectivity index (χ3v) is 8.12. The van der Waals surface area contributed by atoms with Crippen molar-refractivity contribution in [3.63, 3.8) is 0 Å². The first-order valence-corrected chi connectivity index (χ1v) is 9.49. The van der Waals surface area contributed by atoms with Crippen LogP contribution in [0.3, 0.4) is 0 Å². The van der Waals surface area contributed by atoms with Gasteiger partial charge in [0.2, 0.25) is 6.20 Å². The lowest BCUT2D eigenvalue weighted by Gasteiger charge is -2.19.